The highest BCUT2D eigenvalue weighted by atomic mass is 16.5. The number of aliphatic imine (C=N–C) groups is 1. The zero-order valence-electron chi connectivity index (χ0n) is 11.0. The second kappa shape index (κ2) is 5.27. The molecule has 0 unspecified atom stereocenters. The monoisotopic (exact) mass is 251 g/mol. The van der Waals surface area contributed by atoms with Crippen molar-refractivity contribution in [3.05, 3.63) is 71.8 Å². The Balaban J connectivity index is 1.93. The van der Waals surface area contributed by atoms with Gasteiger partial charge in [-0.1, -0.05) is 55.5 Å². The van der Waals surface area contributed by atoms with Crippen LogP contribution in [0.3, 0.4) is 0 Å². The van der Waals surface area contributed by atoms with Crippen LogP contribution in [0.4, 0.5) is 0 Å². The van der Waals surface area contributed by atoms with Crippen LogP contribution in [0.5, 0.6) is 0 Å². The molecule has 0 fully saturated rings. The molecule has 0 aromatic heterocycles. The van der Waals surface area contributed by atoms with Crippen LogP contribution < -0.4 is 0 Å². The Bertz CT molecular complexity index is 562. The lowest BCUT2D eigenvalue weighted by Gasteiger charge is -2.15. The third kappa shape index (κ3) is 2.39. The molecule has 0 bridgehead atoms. The number of benzene rings is 2. The summed E-state index contributed by atoms with van der Waals surface area (Å²) in [7, 11) is 0. The minimum atomic E-state index is 0.112. The average molecular weight is 251 g/mol. The van der Waals surface area contributed by atoms with Gasteiger partial charge in [-0.25, -0.2) is 4.99 Å². The van der Waals surface area contributed by atoms with E-state index in [4.69, 9.17) is 9.73 Å². The largest absolute Gasteiger partial charge is 0.472 e. The van der Waals surface area contributed by atoms with E-state index in [0.29, 0.717) is 0 Å². The Kier molecular flexibility index (Phi) is 3.32. The fourth-order valence-electron chi connectivity index (χ4n) is 2.42. The summed E-state index contributed by atoms with van der Waals surface area (Å²) in [4.78, 5) is 4.78. The van der Waals surface area contributed by atoms with Gasteiger partial charge in [-0.05, 0) is 24.1 Å². The molecule has 1 aliphatic heterocycles. The molecule has 0 N–H and O–H groups in total. The van der Waals surface area contributed by atoms with Gasteiger partial charge in [0.15, 0.2) is 0 Å². The van der Waals surface area contributed by atoms with E-state index >= 15 is 0 Å². The van der Waals surface area contributed by atoms with E-state index in [0.717, 1.165) is 17.9 Å². The molecule has 0 aliphatic carbocycles. The number of rotatable bonds is 3. The lowest BCUT2D eigenvalue weighted by Crippen LogP contribution is -2.15. The Morgan fingerprint density at radius 3 is 2.21 bits per heavy atom. The highest BCUT2D eigenvalue weighted by molar-refractivity contribution is 5.95. The molecule has 2 aromatic carbocycles. The Morgan fingerprint density at radius 1 is 0.947 bits per heavy atom. The van der Waals surface area contributed by atoms with Gasteiger partial charge in [0.25, 0.3) is 0 Å². The number of nitrogens with zero attached hydrogens (tertiary/aromatic N) is 1. The number of hydrogen-bond acceptors (Lipinski definition) is 2. The van der Waals surface area contributed by atoms with E-state index in [-0.39, 0.29) is 12.1 Å². The van der Waals surface area contributed by atoms with E-state index < -0.39 is 0 Å². The van der Waals surface area contributed by atoms with Crippen molar-refractivity contribution < 1.29 is 4.74 Å². The molecule has 2 heteroatoms. The molecule has 0 saturated carbocycles. The van der Waals surface area contributed by atoms with E-state index in [9.17, 15) is 0 Å². The molecule has 0 saturated heterocycles. The maximum Gasteiger partial charge on any atom is 0.217 e. The number of ether oxygens (including phenoxy) is 1. The first-order chi connectivity index (χ1) is 9.38. The molecule has 0 spiro atoms. The summed E-state index contributed by atoms with van der Waals surface area (Å²) in [6.45, 7) is 2.14. The second-order valence-electron chi connectivity index (χ2n) is 4.72. The van der Waals surface area contributed by atoms with Crippen molar-refractivity contribution in [3.63, 3.8) is 0 Å². The van der Waals surface area contributed by atoms with Crippen LogP contribution in [0, 0.1) is 0 Å². The van der Waals surface area contributed by atoms with Crippen molar-refractivity contribution in [1.29, 1.82) is 0 Å². The van der Waals surface area contributed by atoms with Gasteiger partial charge in [0.2, 0.25) is 5.90 Å². The van der Waals surface area contributed by atoms with Crippen LogP contribution in [0.2, 0.25) is 0 Å². The third-order valence-electron chi connectivity index (χ3n) is 3.44. The molecule has 2 aromatic rings. The molecule has 1 heterocycles. The van der Waals surface area contributed by atoms with E-state index in [1.165, 1.54) is 5.56 Å². The molecule has 2 atom stereocenters. The minimum Gasteiger partial charge on any atom is -0.472 e. The van der Waals surface area contributed by atoms with Crippen LogP contribution >= 0.6 is 0 Å². The molecular weight excluding hydrogens is 234 g/mol. The fourth-order valence-corrected chi connectivity index (χ4v) is 2.42. The molecule has 19 heavy (non-hydrogen) atoms. The van der Waals surface area contributed by atoms with E-state index in [1.807, 2.05) is 36.4 Å². The fraction of sp³-hybridized carbons (Fsp3) is 0.235. The summed E-state index contributed by atoms with van der Waals surface area (Å²) in [6.07, 6.45) is 1.09. The topological polar surface area (TPSA) is 21.6 Å². The molecule has 3 rings (SSSR count). The van der Waals surface area contributed by atoms with Crippen molar-refractivity contribution in [2.75, 3.05) is 0 Å². The standard InChI is InChI=1S/C17H17NO/c1-2-15-16(13-9-5-3-6-10-13)18-17(19-15)14-11-7-4-8-12-14/h3-12,15-16H,2H2,1H3/t15-,16-/m0/s1. The SMILES string of the molecule is CC[C@@H]1OC(c2ccccc2)=N[C@H]1c1ccccc1. The molecular formula is C17H17NO. The van der Waals surface area contributed by atoms with Crippen LogP contribution in [0.15, 0.2) is 65.7 Å². The zero-order valence-corrected chi connectivity index (χ0v) is 11.0. The average Bonchev–Trinajstić information content (AvgIpc) is 2.93. The van der Waals surface area contributed by atoms with Gasteiger partial charge in [0.05, 0.1) is 0 Å². The first kappa shape index (κ1) is 12.0. The van der Waals surface area contributed by atoms with Crippen LogP contribution in [-0.2, 0) is 4.74 Å². The van der Waals surface area contributed by atoms with Gasteiger partial charge in [0.1, 0.15) is 12.1 Å². The normalized spacial score (nSPS) is 21.8. The van der Waals surface area contributed by atoms with Gasteiger partial charge in [-0.15, -0.1) is 0 Å². The Morgan fingerprint density at radius 2 is 1.58 bits per heavy atom. The molecule has 96 valence electrons. The van der Waals surface area contributed by atoms with E-state index in [1.54, 1.807) is 0 Å². The van der Waals surface area contributed by atoms with Crippen LogP contribution in [-0.4, -0.2) is 12.0 Å². The van der Waals surface area contributed by atoms with Gasteiger partial charge in [-0.2, -0.15) is 0 Å². The highest BCUT2D eigenvalue weighted by Crippen LogP contribution is 2.32. The van der Waals surface area contributed by atoms with Crippen molar-refractivity contribution in [3.8, 4) is 0 Å². The lowest BCUT2D eigenvalue weighted by molar-refractivity contribution is 0.188. The third-order valence-corrected chi connectivity index (χ3v) is 3.44. The van der Waals surface area contributed by atoms with Crippen LogP contribution in [0.25, 0.3) is 0 Å². The Hall–Kier alpha value is -2.09. The quantitative estimate of drug-likeness (QED) is 0.808. The predicted octanol–water partition coefficient (Wildman–Crippen LogP) is 3.98. The van der Waals surface area contributed by atoms with Gasteiger partial charge in [-0.3, -0.25) is 0 Å². The summed E-state index contributed by atoms with van der Waals surface area (Å²) in [5, 5.41) is 0. The summed E-state index contributed by atoms with van der Waals surface area (Å²) in [6, 6.07) is 20.6. The summed E-state index contributed by atoms with van der Waals surface area (Å²) in [5.74, 6) is 0.765. The maximum absolute atomic E-state index is 6.01. The smallest absolute Gasteiger partial charge is 0.217 e. The van der Waals surface area contributed by atoms with Crippen LogP contribution in [0.1, 0.15) is 30.5 Å². The van der Waals surface area contributed by atoms with Crippen molar-refractivity contribution in [1.82, 2.24) is 0 Å². The zero-order chi connectivity index (χ0) is 13.1. The summed E-state index contributed by atoms with van der Waals surface area (Å²) in [5.41, 5.74) is 2.28. The molecule has 0 radical (unpaired) electrons. The first-order valence-electron chi connectivity index (χ1n) is 6.73. The van der Waals surface area contributed by atoms with Crippen molar-refractivity contribution >= 4 is 5.90 Å². The number of hydrogen-bond donors (Lipinski definition) is 0. The molecule has 1 aliphatic rings. The van der Waals surface area contributed by atoms with Crippen molar-refractivity contribution in [2.45, 2.75) is 25.5 Å². The first-order valence-corrected chi connectivity index (χ1v) is 6.73. The lowest BCUT2D eigenvalue weighted by atomic mass is 10.0. The molecule has 0 amide bonds. The van der Waals surface area contributed by atoms with Gasteiger partial charge < -0.3 is 4.74 Å². The molecule has 2 nitrogen and oxygen atoms in total. The van der Waals surface area contributed by atoms with E-state index in [2.05, 4.69) is 31.2 Å². The summed E-state index contributed by atoms with van der Waals surface area (Å²) >= 11 is 0. The highest BCUT2D eigenvalue weighted by Gasteiger charge is 2.31. The Labute approximate surface area is 113 Å². The van der Waals surface area contributed by atoms with Gasteiger partial charge >= 0.3 is 0 Å². The predicted molar refractivity (Wildman–Crippen MR) is 77.3 cm³/mol. The van der Waals surface area contributed by atoms with Crippen molar-refractivity contribution in [2.24, 2.45) is 4.99 Å². The second-order valence-corrected chi connectivity index (χ2v) is 4.72. The van der Waals surface area contributed by atoms with Gasteiger partial charge in [0, 0.05) is 5.56 Å². The minimum absolute atomic E-state index is 0.112. The maximum atomic E-state index is 6.01. The summed E-state index contributed by atoms with van der Waals surface area (Å²) < 4.78 is 6.01.